The lowest BCUT2D eigenvalue weighted by Gasteiger charge is -1.81. The Labute approximate surface area is 54.3 Å². The highest BCUT2D eigenvalue weighted by molar-refractivity contribution is 5.76. The Balaban J connectivity index is 2.93. The largest absolute Gasteiger partial charge is 0.464 e. The lowest BCUT2D eigenvalue weighted by atomic mass is 10.3. The minimum absolute atomic E-state index is 0.454. The smallest absolute Gasteiger partial charge is 0.133 e. The molecule has 0 aliphatic heterocycles. The fourth-order valence-electron chi connectivity index (χ4n) is 0.845. The number of para-hydroxylation sites is 1. The van der Waals surface area contributed by atoms with E-state index in [1.54, 1.807) is 0 Å². The molecule has 0 atom stereocenters. The van der Waals surface area contributed by atoms with Crippen LogP contribution in [0.4, 0.5) is 0 Å². The molecule has 9 heavy (non-hydrogen) atoms. The Morgan fingerprint density at radius 2 is 2.22 bits per heavy atom. The first kappa shape index (κ1) is 3.72. The zero-order valence-electron chi connectivity index (χ0n) is 5.79. The molecule has 0 spiro atoms. The van der Waals surface area contributed by atoms with Crippen molar-refractivity contribution < 1.29 is 5.79 Å². The molecule has 2 rings (SSSR count). The van der Waals surface area contributed by atoms with Gasteiger partial charge in [0.2, 0.25) is 0 Å². The number of fused-ring (bicyclic) bond motifs is 1. The van der Waals surface area contributed by atoms with Crippen molar-refractivity contribution in [3.63, 3.8) is 0 Å². The van der Waals surface area contributed by atoms with E-state index >= 15 is 0 Å². The predicted molar refractivity (Wildman–Crippen MR) is 36.2 cm³/mol. The zero-order chi connectivity index (χ0) is 6.97. The number of furan rings is 1. The van der Waals surface area contributed by atoms with Crippen LogP contribution in [-0.4, -0.2) is 0 Å². The van der Waals surface area contributed by atoms with Crippen molar-refractivity contribution in [2.75, 3.05) is 0 Å². The van der Waals surface area contributed by atoms with E-state index in [-0.39, 0.29) is 0 Å². The van der Waals surface area contributed by atoms with Crippen molar-refractivity contribution in [1.82, 2.24) is 0 Å². The lowest BCUT2D eigenvalue weighted by Crippen LogP contribution is -1.57. The standard InChI is InChI=1S/C8H6O/c1-2-4-8-7(3-1)5-6-9-8/h1-6H/i5D. The molecule has 0 radical (unpaired) electrons. The summed E-state index contributed by atoms with van der Waals surface area (Å²) in [6, 6.07) is 7.98. The minimum Gasteiger partial charge on any atom is -0.464 e. The molecule has 1 aromatic carbocycles. The van der Waals surface area contributed by atoms with Crippen LogP contribution >= 0.6 is 0 Å². The van der Waals surface area contributed by atoms with Gasteiger partial charge in [-0.25, -0.2) is 0 Å². The summed E-state index contributed by atoms with van der Waals surface area (Å²) in [4.78, 5) is 0. The monoisotopic (exact) mass is 119 g/mol. The molecule has 44 valence electrons. The number of hydrogen-bond donors (Lipinski definition) is 0. The Hall–Kier alpha value is -1.24. The lowest BCUT2D eigenvalue weighted by molar-refractivity contribution is 0.616. The summed E-state index contributed by atoms with van der Waals surface area (Å²) in [5, 5.41) is 0.877. The summed E-state index contributed by atoms with van der Waals surface area (Å²) >= 11 is 0. The molecule has 1 nitrogen and oxygen atoms in total. The molecule has 0 unspecified atom stereocenters. The van der Waals surface area contributed by atoms with Gasteiger partial charge < -0.3 is 4.42 Å². The van der Waals surface area contributed by atoms with E-state index in [1.165, 1.54) is 6.26 Å². The second-order valence-corrected chi connectivity index (χ2v) is 1.88. The van der Waals surface area contributed by atoms with Gasteiger partial charge in [-0.15, -0.1) is 0 Å². The van der Waals surface area contributed by atoms with Gasteiger partial charge in [-0.3, -0.25) is 0 Å². The Bertz CT molecular complexity index is 351. The highest BCUT2D eigenvalue weighted by atomic mass is 16.3. The van der Waals surface area contributed by atoms with E-state index in [1.807, 2.05) is 24.3 Å². The van der Waals surface area contributed by atoms with Crippen LogP contribution in [0.2, 0.25) is 0 Å². The van der Waals surface area contributed by atoms with Crippen LogP contribution in [0.25, 0.3) is 11.0 Å². The molecule has 0 aliphatic rings. The first-order valence-electron chi connectivity index (χ1n) is 3.31. The molecule has 1 heteroatoms. The average Bonchev–Trinajstić information content (AvgIpc) is 2.34. The second kappa shape index (κ2) is 1.62. The first-order chi connectivity index (χ1) is 4.88. The number of hydrogen-bond acceptors (Lipinski definition) is 1. The molecule has 0 aliphatic carbocycles. The van der Waals surface area contributed by atoms with Crippen LogP contribution in [0.3, 0.4) is 0 Å². The van der Waals surface area contributed by atoms with Gasteiger partial charge in [0.25, 0.3) is 0 Å². The first-order valence-corrected chi connectivity index (χ1v) is 2.81. The number of benzene rings is 1. The summed E-state index contributed by atoms with van der Waals surface area (Å²) in [6.07, 6.45) is 1.45. The topological polar surface area (TPSA) is 13.1 Å². The Kier molecular flexibility index (Phi) is 0.671. The van der Waals surface area contributed by atoms with Crippen LogP contribution in [0.5, 0.6) is 0 Å². The third-order valence-corrected chi connectivity index (χ3v) is 1.29. The normalized spacial score (nSPS) is 11.8. The maximum Gasteiger partial charge on any atom is 0.133 e. The fourth-order valence-corrected chi connectivity index (χ4v) is 0.845. The zero-order valence-corrected chi connectivity index (χ0v) is 4.79. The van der Waals surface area contributed by atoms with E-state index in [9.17, 15) is 0 Å². The third-order valence-electron chi connectivity index (χ3n) is 1.29. The second-order valence-electron chi connectivity index (χ2n) is 1.88. The van der Waals surface area contributed by atoms with Crippen molar-refractivity contribution in [3.05, 3.63) is 36.6 Å². The van der Waals surface area contributed by atoms with Crippen LogP contribution in [-0.2, 0) is 0 Å². The van der Waals surface area contributed by atoms with Crippen molar-refractivity contribution in [2.24, 2.45) is 0 Å². The molecule has 0 N–H and O–H groups in total. The average molecular weight is 119 g/mol. The highest BCUT2D eigenvalue weighted by Crippen LogP contribution is 2.12. The van der Waals surface area contributed by atoms with E-state index in [2.05, 4.69) is 0 Å². The molecule has 1 aromatic heterocycles. The van der Waals surface area contributed by atoms with Crippen molar-refractivity contribution in [2.45, 2.75) is 0 Å². The van der Waals surface area contributed by atoms with E-state index in [4.69, 9.17) is 5.79 Å². The maximum atomic E-state index is 7.35. The van der Waals surface area contributed by atoms with Gasteiger partial charge in [0, 0.05) is 5.39 Å². The van der Waals surface area contributed by atoms with Crippen molar-refractivity contribution >= 4 is 11.0 Å². The molecule has 1 heterocycles. The van der Waals surface area contributed by atoms with Gasteiger partial charge in [-0.05, 0) is 12.1 Å². The van der Waals surface area contributed by atoms with E-state index < -0.39 is 0 Å². The van der Waals surface area contributed by atoms with Crippen LogP contribution in [0.15, 0.2) is 41.0 Å². The maximum absolute atomic E-state index is 7.35. The predicted octanol–water partition coefficient (Wildman–Crippen LogP) is 2.43. The van der Waals surface area contributed by atoms with Gasteiger partial charge >= 0.3 is 0 Å². The molecule has 0 bridgehead atoms. The fraction of sp³-hybridized carbons (Fsp3) is 0. The van der Waals surface area contributed by atoms with E-state index in [0.717, 1.165) is 11.0 Å². The van der Waals surface area contributed by atoms with Crippen LogP contribution in [0.1, 0.15) is 1.37 Å². The molecule has 0 amide bonds. The Morgan fingerprint density at radius 1 is 1.33 bits per heavy atom. The van der Waals surface area contributed by atoms with E-state index in [0.29, 0.717) is 6.04 Å². The van der Waals surface area contributed by atoms with Gasteiger partial charge in [-0.2, -0.15) is 0 Å². The summed E-state index contributed by atoms with van der Waals surface area (Å²) in [5.74, 6) is 0. The number of rotatable bonds is 0. The van der Waals surface area contributed by atoms with Gasteiger partial charge in [-0.1, -0.05) is 18.2 Å². The highest BCUT2D eigenvalue weighted by Gasteiger charge is 1.89. The van der Waals surface area contributed by atoms with Crippen LogP contribution < -0.4 is 0 Å². The van der Waals surface area contributed by atoms with Gasteiger partial charge in [0.15, 0.2) is 0 Å². The molecule has 0 fully saturated rings. The molecule has 2 aromatic rings. The molecule has 0 saturated heterocycles. The summed E-state index contributed by atoms with van der Waals surface area (Å²) in [7, 11) is 0. The minimum atomic E-state index is 0.454. The summed E-state index contributed by atoms with van der Waals surface area (Å²) in [6.45, 7) is 0. The third kappa shape index (κ3) is 0.617. The Morgan fingerprint density at radius 3 is 3.11 bits per heavy atom. The van der Waals surface area contributed by atoms with Gasteiger partial charge in [0.05, 0.1) is 7.63 Å². The SMILES string of the molecule is [2H]c1coc2ccccc12. The summed E-state index contributed by atoms with van der Waals surface area (Å²) in [5.41, 5.74) is 0.785. The van der Waals surface area contributed by atoms with Gasteiger partial charge in [0.1, 0.15) is 5.58 Å². The van der Waals surface area contributed by atoms with Crippen LogP contribution in [0, 0.1) is 0 Å². The molecular formula is C8H6O. The summed E-state index contributed by atoms with van der Waals surface area (Å²) < 4.78 is 12.4. The molecule has 0 saturated carbocycles. The van der Waals surface area contributed by atoms with Crippen molar-refractivity contribution in [1.29, 1.82) is 0 Å². The molecular weight excluding hydrogens is 112 g/mol. The quantitative estimate of drug-likeness (QED) is 0.519. The van der Waals surface area contributed by atoms with Crippen molar-refractivity contribution in [3.8, 4) is 0 Å².